The van der Waals surface area contributed by atoms with Crippen LogP contribution in [0.5, 0.6) is 0 Å². The lowest BCUT2D eigenvalue weighted by molar-refractivity contribution is 0.641. The van der Waals surface area contributed by atoms with Gasteiger partial charge in [-0.15, -0.1) is 0 Å². The summed E-state index contributed by atoms with van der Waals surface area (Å²) in [7, 11) is 0. The van der Waals surface area contributed by atoms with E-state index >= 15 is 0 Å². The van der Waals surface area contributed by atoms with Crippen LogP contribution in [0.2, 0.25) is 0 Å². The Hall–Kier alpha value is -3.00. The van der Waals surface area contributed by atoms with Gasteiger partial charge in [-0.05, 0) is 66.7 Å². The molecule has 0 atom stereocenters. The summed E-state index contributed by atoms with van der Waals surface area (Å²) in [4.78, 5) is 2.18. The Morgan fingerprint density at radius 2 is 1.66 bits per heavy atom. The molecule has 0 fully saturated rings. The van der Waals surface area contributed by atoms with Crippen molar-refractivity contribution in [3.63, 3.8) is 0 Å². The summed E-state index contributed by atoms with van der Waals surface area (Å²) in [6.07, 6.45) is 8.14. The minimum Gasteiger partial charge on any atom is -0.397 e. The van der Waals surface area contributed by atoms with Crippen LogP contribution in [0.3, 0.4) is 0 Å². The van der Waals surface area contributed by atoms with Crippen molar-refractivity contribution in [2.24, 2.45) is 11.7 Å². The molecule has 0 unspecified atom stereocenters. The first-order valence-electron chi connectivity index (χ1n) is 10.3. The summed E-state index contributed by atoms with van der Waals surface area (Å²) in [5, 5.41) is 0. The van der Waals surface area contributed by atoms with Crippen molar-refractivity contribution in [2.75, 3.05) is 11.4 Å². The molecule has 0 aromatic heterocycles. The van der Waals surface area contributed by atoms with E-state index in [-0.39, 0.29) is 0 Å². The highest BCUT2D eigenvalue weighted by Crippen LogP contribution is 2.31. The van der Waals surface area contributed by atoms with Gasteiger partial charge in [-0.2, -0.15) is 0 Å². The van der Waals surface area contributed by atoms with Gasteiger partial charge in [-0.1, -0.05) is 75.5 Å². The lowest BCUT2D eigenvalue weighted by Crippen LogP contribution is -2.28. The van der Waals surface area contributed by atoms with Crippen LogP contribution in [0.15, 0.2) is 97.4 Å². The predicted octanol–water partition coefficient (Wildman–Crippen LogP) is 6.73. The van der Waals surface area contributed by atoms with Crippen LogP contribution < -0.4 is 10.6 Å². The van der Waals surface area contributed by atoms with Gasteiger partial charge in [0, 0.05) is 12.2 Å². The zero-order valence-electron chi connectivity index (χ0n) is 18.1. The molecule has 0 saturated heterocycles. The molecule has 2 heteroatoms. The maximum absolute atomic E-state index is 5.99. The SMILES string of the molecule is C/C=C1/CCc2ccccc21.C=C/C(N)=C(\C=C)N(CC(C)C)c1ccccc1. The van der Waals surface area contributed by atoms with Crippen LogP contribution in [0.4, 0.5) is 5.69 Å². The number of nitrogens with zero attached hydrogens (tertiary/aromatic N) is 1. The number of fused-ring (bicyclic) bond motifs is 1. The zero-order chi connectivity index (χ0) is 21.2. The molecule has 0 spiro atoms. The number of anilines is 1. The first-order valence-corrected chi connectivity index (χ1v) is 10.3. The third-order valence-corrected chi connectivity index (χ3v) is 4.99. The first kappa shape index (κ1) is 22.3. The molecule has 0 saturated carbocycles. The fourth-order valence-corrected chi connectivity index (χ4v) is 3.56. The van der Waals surface area contributed by atoms with Gasteiger partial charge in [0.2, 0.25) is 0 Å². The summed E-state index contributed by atoms with van der Waals surface area (Å²) in [6, 6.07) is 18.9. The fourth-order valence-electron chi connectivity index (χ4n) is 3.56. The predicted molar refractivity (Wildman–Crippen MR) is 129 cm³/mol. The fraction of sp³-hybridized carbons (Fsp3) is 0.259. The minimum absolute atomic E-state index is 0.526. The Morgan fingerprint density at radius 3 is 2.24 bits per heavy atom. The molecule has 29 heavy (non-hydrogen) atoms. The van der Waals surface area contributed by atoms with E-state index in [1.165, 1.54) is 29.5 Å². The quantitative estimate of drug-likeness (QED) is 0.558. The van der Waals surface area contributed by atoms with Gasteiger partial charge >= 0.3 is 0 Å². The summed E-state index contributed by atoms with van der Waals surface area (Å²) in [5.74, 6) is 0.526. The smallest absolute Gasteiger partial charge is 0.0638 e. The maximum atomic E-state index is 5.99. The van der Waals surface area contributed by atoms with Crippen LogP contribution in [-0.4, -0.2) is 6.54 Å². The number of hydrogen-bond acceptors (Lipinski definition) is 2. The lowest BCUT2D eigenvalue weighted by atomic mass is 10.1. The van der Waals surface area contributed by atoms with E-state index in [1.54, 1.807) is 12.2 Å². The van der Waals surface area contributed by atoms with E-state index in [0.717, 1.165) is 17.9 Å². The van der Waals surface area contributed by atoms with Crippen LogP contribution in [-0.2, 0) is 6.42 Å². The van der Waals surface area contributed by atoms with Crippen molar-refractivity contribution in [1.29, 1.82) is 0 Å². The highest BCUT2D eigenvalue weighted by Gasteiger charge is 2.14. The number of nitrogens with two attached hydrogens (primary N) is 1. The Morgan fingerprint density at radius 1 is 1.00 bits per heavy atom. The summed E-state index contributed by atoms with van der Waals surface area (Å²) >= 11 is 0. The molecule has 2 N–H and O–H groups in total. The second-order valence-electron chi connectivity index (χ2n) is 7.56. The highest BCUT2D eigenvalue weighted by atomic mass is 15.1. The molecule has 0 aliphatic heterocycles. The Bertz CT molecular complexity index is 872. The Balaban J connectivity index is 0.000000230. The molecule has 0 amide bonds. The average Bonchev–Trinajstić information content (AvgIpc) is 3.17. The third kappa shape index (κ3) is 5.99. The molecule has 3 rings (SSSR count). The normalized spacial score (nSPS) is 14.6. The number of hydrogen-bond donors (Lipinski definition) is 1. The van der Waals surface area contributed by atoms with E-state index in [9.17, 15) is 0 Å². The van der Waals surface area contributed by atoms with E-state index in [4.69, 9.17) is 5.73 Å². The Kier molecular flexibility index (Phi) is 8.54. The third-order valence-electron chi connectivity index (χ3n) is 4.99. The van der Waals surface area contributed by atoms with Crippen molar-refractivity contribution < 1.29 is 0 Å². The largest absolute Gasteiger partial charge is 0.397 e. The molecule has 0 bridgehead atoms. The number of aryl methyl sites for hydroxylation is 1. The van der Waals surface area contributed by atoms with E-state index in [0.29, 0.717) is 11.6 Å². The van der Waals surface area contributed by atoms with Gasteiger partial charge in [0.05, 0.1) is 11.4 Å². The van der Waals surface area contributed by atoms with Gasteiger partial charge in [0.15, 0.2) is 0 Å². The van der Waals surface area contributed by atoms with Gasteiger partial charge in [0.25, 0.3) is 0 Å². The molecule has 2 aromatic rings. The molecule has 152 valence electrons. The Labute approximate surface area is 176 Å². The van der Waals surface area contributed by atoms with Gasteiger partial charge in [-0.3, -0.25) is 0 Å². The monoisotopic (exact) mass is 386 g/mol. The molecule has 2 aromatic carbocycles. The highest BCUT2D eigenvalue weighted by molar-refractivity contribution is 5.72. The van der Waals surface area contributed by atoms with E-state index in [2.05, 4.69) is 81.3 Å². The van der Waals surface area contributed by atoms with Crippen molar-refractivity contribution in [3.05, 3.63) is 109 Å². The van der Waals surface area contributed by atoms with Gasteiger partial charge in [0.1, 0.15) is 0 Å². The maximum Gasteiger partial charge on any atom is 0.0638 e. The number of allylic oxidation sites excluding steroid dienone is 4. The van der Waals surface area contributed by atoms with E-state index < -0.39 is 0 Å². The van der Waals surface area contributed by atoms with Crippen molar-refractivity contribution in [1.82, 2.24) is 0 Å². The zero-order valence-corrected chi connectivity index (χ0v) is 18.1. The van der Waals surface area contributed by atoms with Crippen molar-refractivity contribution in [3.8, 4) is 0 Å². The van der Waals surface area contributed by atoms with Crippen LogP contribution in [0.25, 0.3) is 5.57 Å². The minimum atomic E-state index is 0.526. The van der Waals surface area contributed by atoms with Crippen molar-refractivity contribution >= 4 is 11.3 Å². The molecule has 0 radical (unpaired) electrons. The molecule has 1 aliphatic rings. The number of benzene rings is 2. The summed E-state index contributed by atoms with van der Waals surface area (Å²) < 4.78 is 0. The topological polar surface area (TPSA) is 29.3 Å². The number of rotatable bonds is 6. The average molecular weight is 387 g/mol. The second-order valence-corrected chi connectivity index (χ2v) is 7.56. The number of para-hydroxylation sites is 1. The molecule has 0 heterocycles. The lowest BCUT2D eigenvalue weighted by Gasteiger charge is -2.28. The van der Waals surface area contributed by atoms with E-state index in [1.807, 2.05) is 18.2 Å². The van der Waals surface area contributed by atoms with Gasteiger partial charge in [-0.25, -0.2) is 0 Å². The standard InChI is InChI=1S/C16H22N2.C11H12/c1-5-15(17)16(6-2)18(12-13(3)4)14-10-8-7-9-11-14;1-2-9-7-8-10-5-3-4-6-11(9)10/h5-11,13H,1-2,12,17H2,3-4H3;2-6H,7-8H2,1H3/b16-15-;9-2-. The molecule has 2 nitrogen and oxygen atoms in total. The molecule has 1 aliphatic carbocycles. The summed E-state index contributed by atoms with van der Waals surface area (Å²) in [6.45, 7) is 15.0. The molecular weight excluding hydrogens is 352 g/mol. The molecular formula is C27H34N2. The van der Waals surface area contributed by atoms with Crippen LogP contribution in [0, 0.1) is 5.92 Å². The first-order chi connectivity index (χ1) is 14.0. The van der Waals surface area contributed by atoms with Crippen molar-refractivity contribution in [2.45, 2.75) is 33.6 Å². The summed E-state index contributed by atoms with van der Waals surface area (Å²) in [5.41, 5.74) is 13.2. The second kappa shape index (κ2) is 11.1. The van der Waals surface area contributed by atoms with Crippen LogP contribution in [0.1, 0.15) is 38.3 Å². The van der Waals surface area contributed by atoms with Crippen LogP contribution >= 0.6 is 0 Å². The van der Waals surface area contributed by atoms with Gasteiger partial charge < -0.3 is 10.6 Å².